The standard InChI is InChI=1S/C7H11N4O2S/c1-3-5(4-6(12)13-2)14-7-8-10-11-9-7/h3-4H2,1-2H3,(H,8,9,10,11). The molecule has 77 valence electrons. The van der Waals surface area contributed by atoms with E-state index in [9.17, 15) is 4.79 Å². The molecular weight excluding hydrogens is 204 g/mol. The molecular formula is C7H11N4O2S. The summed E-state index contributed by atoms with van der Waals surface area (Å²) >= 11 is 1.36. The Kier molecular flexibility index (Phi) is 4.37. The minimum Gasteiger partial charge on any atom is -0.469 e. The molecule has 0 aromatic carbocycles. The number of nitrogens with zero attached hydrogens (tertiary/aromatic N) is 3. The topological polar surface area (TPSA) is 80.8 Å². The first-order valence-electron chi connectivity index (χ1n) is 4.09. The van der Waals surface area contributed by atoms with Crippen LogP contribution in [0.3, 0.4) is 0 Å². The van der Waals surface area contributed by atoms with E-state index in [0.29, 0.717) is 11.6 Å². The summed E-state index contributed by atoms with van der Waals surface area (Å²) in [6, 6.07) is 0. The van der Waals surface area contributed by atoms with Crippen molar-refractivity contribution in [3.63, 3.8) is 0 Å². The molecule has 0 atom stereocenters. The lowest BCUT2D eigenvalue weighted by Crippen LogP contribution is -2.05. The Morgan fingerprint density at radius 1 is 1.64 bits per heavy atom. The number of carbonyl (C=O) groups excluding carboxylic acids is 1. The SMILES string of the molecule is CC[C](CC(=O)OC)Sc1nnn[nH]1. The number of hydrogen-bond acceptors (Lipinski definition) is 6. The van der Waals surface area contributed by atoms with E-state index in [1.807, 2.05) is 6.92 Å². The number of rotatable bonds is 5. The van der Waals surface area contributed by atoms with Crippen LogP contribution >= 0.6 is 11.8 Å². The Bertz CT molecular complexity index is 277. The zero-order valence-electron chi connectivity index (χ0n) is 7.98. The van der Waals surface area contributed by atoms with Crippen LogP contribution in [-0.4, -0.2) is 33.7 Å². The highest BCUT2D eigenvalue weighted by Gasteiger charge is 2.16. The third kappa shape index (κ3) is 3.33. The summed E-state index contributed by atoms with van der Waals surface area (Å²) in [4.78, 5) is 11.0. The molecule has 1 aromatic heterocycles. The van der Waals surface area contributed by atoms with Gasteiger partial charge in [0.05, 0.1) is 13.5 Å². The van der Waals surface area contributed by atoms with E-state index in [1.165, 1.54) is 18.9 Å². The van der Waals surface area contributed by atoms with Crippen LogP contribution in [0.15, 0.2) is 5.16 Å². The highest BCUT2D eigenvalue weighted by atomic mass is 32.2. The number of H-pyrrole nitrogens is 1. The van der Waals surface area contributed by atoms with Gasteiger partial charge in [0.1, 0.15) is 0 Å². The van der Waals surface area contributed by atoms with Gasteiger partial charge >= 0.3 is 5.97 Å². The number of aromatic nitrogens is 4. The van der Waals surface area contributed by atoms with Gasteiger partial charge in [0, 0.05) is 5.25 Å². The molecule has 0 fully saturated rings. The summed E-state index contributed by atoms with van der Waals surface area (Å²) in [6.45, 7) is 1.97. The van der Waals surface area contributed by atoms with Crippen LogP contribution in [0.5, 0.6) is 0 Å². The van der Waals surface area contributed by atoms with Gasteiger partial charge in [-0.1, -0.05) is 18.7 Å². The van der Waals surface area contributed by atoms with E-state index in [4.69, 9.17) is 0 Å². The first kappa shape index (κ1) is 11.0. The van der Waals surface area contributed by atoms with Crippen molar-refractivity contribution in [3.05, 3.63) is 5.25 Å². The van der Waals surface area contributed by atoms with Crippen LogP contribution in [0.4, 0.5) is 0 Å². The maximum atomic E-state index is 11.0. The second kappa shape index (κ2) is 5.58. The molecule has 0 saturated carbocycles. The molecule has 0 amide bonds. The number of hydrogen-bond donors (Lipinski definition) is 1. The number of methoxy groups -OCH3 is 1. The van der Waals surface area contributed by atoms with Crippen molar-refractivity contribution in [1.82, 2.24) is 20.6 Å². The number of nitrogens with one attached hydrogen (secondary N) is 1. The van der Waals surface area contributed by atoms with E-state index >= 15 is 0 Å². The number of thioether (sulfide) groups is 1. The van der Waals surface area contributed by atoms with E-state index in [1.54, 1.807) is 0 Å². The molecule has 0 aliphatic heterocycles. The summed E-state index contributed by atoms with van der Waals surface area (Å²) < 4.78 is 4.57. The van der Waals surface area contributed by atoms with Crippen molar-refractivity contribution in [2.75, 3.05) is 7.11 Å². The molecule has 0 bridgehead atoms. The van der Waals surface area contributed by atoms with Crippen LogP contribution in [0.1, 0.15) is 19.8 Å². The average Bonchev–Trinajstić information content (AvgIpc) is 2.69. The molecule has 0 spiro atoms. The predicted octanol–water partition coefficient (Wildman–Crippen LogP) is 0.797. The number of aromatic amines is 1. The van der Waals surface area contributed by atoms with Crippen LogP contribution in [0.25, 0.3) is 0 Å². The fourth-order valence-electron chi connectivity index (χ4n) is 0.797. The summed E-state index contributed by atoms with van der Waals surface area (Å²) in [5, 5.41) is 14.8. The van der Waals surface area contributed by atoms with Gasteiger partial charge in [0.2, 0.25) is 5.16 Å². The molecule has 1 rings (SSSR count). The van der Waals surface area contributed by atoms with Crippen LogP contribution in [0, 0.1) is 5.25 Å². The van der Waals surface area contributed by atoms with Crippen molar-refractivity contribution in [1.29, 1.82) is 0 Å². The molecule has 0 aliphatic rings. The molecule has 1 aromatic rings. The zero-order valence-corrected chi connectivity index (χ0v) is 8.80. The third-order valence-electron chi connectivity index (χ3n) is 1.53. The lowest BCUT2D eigenvalue weighted by molar-refractivity contribution is -0.140. The lowest BCUT2D eigenvalue weighted by Gasteiger charge is -2.08. The normalized spacial score (nSPS) is 10.5. The minimum absolute atomic E-state index is 0.248. The molecule has 1 heterocycles. The molecule has 0 aliphatic carbocycles. The minimum atomic E-state index is -0.248. The van der Waals surface area contributed by atoms with E-state index < -0.39 is 0 Å². The molecule has 1 radical (unpaired) electrons. The third-order valence-corrected chi connectivity index (χ3v) is 2.62. The first-order chi connectivity index (χ1) is 6.76. The summed E-state index contributed by atoms with van der Waals surface area (Å²) in [7, 11) is 1.37. The highest BCUT2D eigenvalue weighted by Crippen LogP contribution is 2.30. The Morgan fingerprint density at radius 2 is 2.43 bits per heavy atom. The number of tetrazole rings is 1. The Balaban J connectivity index is 2.43. The summed E-state index contributed by atoms with van der Waals surface area (Å²) in [5.41, 5.74) is 0. The van der Waals surface area contributed by atoms with Crippen molar-refractivity contribution in [2.45, 2.75) is 24.9 Å². The van der Waals surface area contributed by atoms with E-state index in [0.717, 1.165) is 11.7 Å². The Morgan fingerprint density at radius 3 is 2.93 bits per heavy atom. The molecule has 6 nitrogen and oxygen atoms in total. The second-order valence-corrected chi connectivity index (χ2v) is 3.62. The fourth-order valence-corrected chi connectivity index (χ4v) is 1.57. The number of carbonyl (C=O) groups is 1. The maximum absolute atomic E-state index is 11.0. The number of ether oxygens (including phenoxy) is 1. The largest absolute Gasteiger partial charge is 0.469 e. The van der Waals surface area contributed by atoms with Crippen LogP contribution < -0.4 is 0 Å². The first-order valence-corrected chi connectivity index (χ1v) is 4.91. The van der Waals surface area contributed by atoms with E-state index in [-0.39, 0.29) is 5.97 Å². The highest BCUT2D eigenvalue weighted by molar-refractivity contribution is 8.02. The van der Waals surface area contributed by atoms with Gasteiger partial charge in [0.15, 0.2) is 0 Å². The van der Waals surface area contributed by atoms with Gasteiger partial charge in [0.25, 0.3) is 0 Å². The zero-order chi connectivity index (χ0) is 10.4. The van der Waals surface area contributed by atoms with Crippen molar-refractivity contribution < 1.29 is 9.53 Å². The van der Waals surface area contributed by atoms with E-state index in [2.05, 4.69) is 25.4 Å². The predicted molar refractivity (Wildman–Crippen MR) is 50.2 cm³/mol. The molecule has 14 heavy (non-hydrogen) atoms. The van der Waals surface area contributed by atoms with Crippen LogP contribution in [0.2, 0.25) is 0 Å². The van der Waals surface area contributed by atoms with Gasteiger partial charge in [-0.25, -0.2) is 5.10 Å². The van der Waals surface area contributed by atoms with Crippen molar-refractivity contribution in [2.24, 2.45) is 0 Å². The molecule has 0 unspecified atom stereocenters. The van der Waals surface area contributed by atoms with Crippen LogP contribution in [-0.2, 0) is 9.53 Å². The van der Waals surface area contributed by atoms with Gasteiger partial charge in [-0.05, 0) is 16.8 Å². The maximum Gasteiger partial charge on any atom is 0.306 e. The smallest absolute Gasteiger partial charge is 0.306 e. The quantitative estimate of drug-likeness (QED) is 0.578. The summed E-state index contributed by atoms with van der Waals surface area (Å²) in [5.74, 6) is -0.248. The van der Waals surface area contributed by atoms with Gasteiger partial charge < -0.3 is 4.74 Å². The average molecular weight is 215 g/mol. The Hall–Kier alpha value is -1.11. The fraction of sp³-hybridized carbons (Fsp3) is 0.571. The second-order valence-electron chi connectivity index (χ2n) is 2.45. The Labute approximate surface area is 85.8 Å². The number of esters is 1. The molecule has 1 N–H and O–H groups in total. The van der Waals surface area contributed by atoms with Crippen molar-refractivity contribution in [3.8, 4) is 0 Å². The molecule has 7 heteroatoms. The monoisotopic (exact) mass is 215 g/mol. The van der Waals surface area contributed by atoms with Gasteiger partial charge in [-0.2, -0.15) is 0 Å². The molecule has 0 saturated heterocycles. The van der Waals surface area contributed by atoms with Crippen molar-refractivity contribution >= 4 is 17.7 Å². The summed E-state index contributed by atoms with van der Waals surface area (Å²) in [6.07, 6.45) is 1.07. The lowest BCUT2D eigenvalue weighted by atomic mass is 10.2. The van der Waals surface area contributed by atoms with Gasteiger partial charge in [-0.15, -0.1) is 5.10 Å². The van der Waals surface area contributed by atoms with Gasteiger partial charge in [-0.3, -0.25) is 4.79 Å².